The third kappa shape index (κ3) is 5.80. The average Bonchev–Trinajstić information content (AvgIpc) is 2.62. The highest BCUT2D eigenvalue weighted by molar-refractivity contribution is 5.94. The van der Waals surface area contributed by atoms with Gasteiger partial charge in [0, 0.05) is 17.2 Å². The molecule has 0 saturated carbocycles. The number of nitrogens with one attached hydrogen (secondary N) is 1. The molecular formula is C22H29NO3. The van der Waals surface area contributed by atoms with Gasteiger partial charge in [-0.1, -0.05) is 31.0 Å². The van der Waals surface area contributed by atoms with E-state index in [1.165, 1.54) is 5.56 Å². The third-order valence-electron chi connectivity index (χ3n) is 4.14. The van der Waals surface area contributed by atoms with E-state index in [0.717, 1.165) is 29.9 Å². The van der Waals surface area contributed by atoms with Gasteiger partial charge in [0.15, 0.2) is 0 Å². The Hall–Kier alpha value is -2.49. The number of carbonyl (C=O) groups excluding carboxylic acids is 1. The van der Waals surface area contributed by atoms with Crippen molar-refractivity contribution in [1.29, 1.82) is 0 Å². The van der Waals surface area contributed by atoms with Crippen LogP contribution in [0.1, 0.15) is 55.1 Å². The van der Waals surface area contributed by atoms with Crippen LogP contribution in [-0.4, -0.2) is 18.6 Å². The van der Waals surface area contributed by atoms with Crippen LogP contribution in [0, 0.1) is 6.92 Å². The maximum atomic E-state index is 12.5. The Morgan fingerprint density at radius 3 is 2.46 bits per heavy atom. The highest BCUT2D eigenvalue weighted by atomic mass is 16.5. The number of ether oxygens (including phenoxy) is 2. The molecule has 1 amide bonds. The normalized spacial score (nSPS) is 11.7. The Balaban J connectivity index is 2.13. The molecule has 2 aromatic rings. The molecule has 0 aliphatic heterocycles. The molecule has 0 bridgehead atoms. The van der Waals surface area contributed by atoms with E-state index in [1.54, 1.807) is 6.07 Å². The summed E-state index contributed by atoms with van der Waals surface area (Å²) in [4.78, 5) is 12.5. The zero-order valence-corrected chi connectivity index (χ0v) is 16.2. The molecule has 1 N–H and O–H groups in total. The summed E-state index contributed by atoms with van der Waals surface area (Å²) in [7, 11) is 0. The number of hydrogen-bond donors (Lipinski definition) is 1. The van der Waals surface area contributed by atoms with Gasteiger partial charge in [-0.2, -0.15) is 0 Å². The van der Waals surface area contributed by atoms with Gasteiger partial charge >= 0.3 is 0 Å². The second kappa shape index (κ2) is 9.85. The summed E-state index contributed by atoms with van der Waals surface area (Å²) >= 11 is 0. The Labute approximate surface area is 156 Å². The lowest BCUT2D eigenvalue weighted by atomic mass is 10.1. The molecule has 2 rings (SSSR count). The quantitative estimate of drug-likeness (QED) is 0.696. The molecule has 0 unspecified atom stereocenters. The molecule has 0 heterocycles. The lowest BCUT2D eigenvalue weighted by Gasteiger charge is -2.15. The molecule has 0 aromatic heterocycles. The predicted molar refractivity (Wildman–Crippen MR) is 105 cm³/mol. The van der Waals surface area contributed by atoms with Gasteiger partial charge < -0.3 is 14.8 Å². The maximum Gasteiger partial charge on any atom is 0.251 e. The van der Waals surface area contributed by atoms with Crippen LogP contribution in [0.15, 0.2) is 42.5 Å². The van der Waals surface area contributed by atoms with Crippen molar-refractivity contribution in [2.24, 2.45) is 0 Å². The minimum Gasteiger partial charge on any atom is -0.493 e. The van der Waals surface area contributed by atoms with E-state index in [0.29, 0.717) is 18.8 Å². The van der Waals surface area contributed by atoms with Crippen LogP contribution in [0.4, 0.5) is 0 Å². The van der Waals surface area contributed by atoms with Crippen LogP contribution in [0.3, 0.4) is 0 Å². The lowest BCUT2D eigenvalue weighted by molar-refractivity contribution is 0.0938. The van der Waals surface area contributed by atoms with Crippen LogP contribution in [0.2, 0.25) is 0 Å². The molecular weight excluding hydrogens is 326 g/mol. The lowest BCUT2D eigenvalue weighted by Crippen LogP contribution is -2.32. The van der Waals surface area contributed by atoms with Gasteiger partial charge in [0.2, 0.25) is 0 Å². The van der Waals surface area contributed by atoms with Crippen LogP contribution in [-0.2, 0) is 6.61 Å². The van der Waals surface area contributed by atoms with E-state index < -0.39 is 0 Å². The summed E-state index contributed by atoms with van der Waals surface area (Å²) in [5.41, 5.74) is 2.68. The first-order chi connectivity index (χ1) is 12.5. The second-order valence-corrected chi connectivity index (χ2v) is 6.52. The molecule has 0 spiro atoms. The van der Waals surface area contributed by atoms with Gasteiger partial charge in [0.05, 0.1) is 6.61 Å². The molecule has 140 valence electrons. The molecule has 4 heteroatoms. The van der Waals surface area contributed by atoms with E-state index in [9.17, 15) is 4.79 Å². The van der Waals surface area contributed by atoms with Crippen LogP contribution in [0.5, 0.6) is 11.5 Å². The van der Waals surface area contributed by atoms with Crippen molar-refractivity contribution in [3.05, 3.63) is 59.2 Å². The molecule has 2 aromatic carbocycles. The first kappa shape index (κ1) is 19.8. The summed E-state index contributed by atoms with van der Waals surface area (Å²) in [6, 6.07) is 13.6. The van der Waals surface area contributed by atoms with Crippen molar-refractivity contribution < 1.29 is 14.3 Å². The number of amides is 1. The summed E-state index contributed by atoms with van der Waals surface area (Å²) < 4.78 is 11.6. The smallest absolute Gasteiger partial charge is 0.251 e. The fourth-order valence-corrected chi connectivity index (χ4v) is 2.74. The highest BCUT2D eigenvalue weighted by Gasteiger charge is 2.13. The summed E-state index contributed by atoms with van der Waals surface area (Å²) in [5.74, 6) is 1.48. The maximum absolute atomic E-state index is 12.5. The molecule has 0 radical (unpaired) electrons. The molecule has 0 aliphatic rings. The van der Waals surface area contributed by atoms with E-state index in [1.807, 2.05) is 57.2 Å². The zero-order chi connectivity index (χ0) is 18.9. The molecule has 0 saturated heterocycles. The van der Waals surface area contributed by atoms with Gasteiger partial charge in [-0.3, -0.25) is 4.79 Å². The predicted octanol–water partition coefficient (Wildman–Crippen LogP) is 4.89. The largest absolute Gasteiger partial charge is 0.493 e. The third-order valence-corrected chi connectivity index (χ3v) is 4.14. The molecule has 0 aliphatic carbocycles. The first-order valence-electron chi connectivity index (χ1n) is 9.29. The monoisotopic (exact) mass is 355 g/mol. The van der Waals surface area contributed by atoms with Crippen molar-refractivity contribution in [1.82, 2.24) is 5.32 Å². The van der Waals surface area contributed by atoms with E-state index in [2.05, 4.69) is 12.2 Å². The highest BCUT2D eigenvalue weighted by Crippen LogP contribution is 2.23. The van der Waals surface area contributed by atoms with E-state index in [4.69, 9.17) is 9.47 Å². The number of rotatable bonds is 9. The molecule has 0 fully saturated rings. The summed E-state index contributed by atoms with van der Waals surface area (Å²) in [5, 5.41) is 3.04. The summed E-state index contributed by atoms with van der Waals surface area (Å²) in [6.45, 7) is 9.04. The Morgan fingerprint density at radius 2 is 1.81 bits per heavy atom. The Bertz CT molecular complexity index is 710. The zero-order valence-electron chi connectivity index (χ0n) is 16.2. The van der Waals surface area contributed by atoms with Crippen molar-refractivity contribution in [2.75, 3.05) is 6.61 Å². The fourth-order valence-electron chi connectivity index (χ4n) is 2.74. The van der Waals surface area contributed by atoms with E-state index >= 15 is 0 Å². The molecule has 4 nitrogen and oxygen atoms in total. The fraction of sp³-hybridized carbons (Fsp3) is 0.409. The van der Waals surface area contributed by atoms with Crippen LogP contribution >= 0.6 is 0 Å². The minimum absolute atomic E-state index is 0.0643. The Kier molecular flexibility index (Phi) is 7.52. The number of carbonyl (C=O) groups is 1. The van der Waals surface area contributed by atoms with Gasteiger partial charge in [0.1, 0.15) is 18.1 Å². The van der Waals surface area contributed by atoms with Crippen molar-refractivity contribution in [2.45, 2.75) is 53.2 Å². The van der Waals surface area contributed by atoms with Crippen molar-refractivity contribution in [3.63, 3.8) is 0 Å². The standard InChI is InChI=1S/C22H29NO3/c1-5-7-17(4)23-22(24)18-10-13-21(25-6-2)19(14-18)15-26-20-11-8-16(3)9-12-20/h8-14,17H,5-7,15H2,1-4H3,(H,23,24)/t17-/m0/s1. The van der Waals surface area contributed by atoms with Gasteiger partial charge in [-0.15, -0.1) is 0 Å². The van der Waals surface area contributed by atoms with Crippen molar-refractivity contribution in [3.8, 4) is 11.5 Å². The van der Waals surface area contributed by atoms with E-state index in [-0.39, 0.29) is 11.9 Å². The SMILES string of the molecule is CCC[C@H](C)NC(=O)c1ccc(OCC)c(COc2ccc(C)cc2)c1. The molecule has 26 heavy (non-hydrogen) atoms. The van der Waals surface area contributed by atoms with Gasteiger partial charge in [-0.05, 0) is 57.5 Å². The molecule has 1 atom stereocenters. The van der Waals surface area contributed by atoms with Gasteiger partial charge in [-0.25, -0.2) is 0 Å². The number of aryl methyl sites for hydroxylation is 1. The van der Waals surface area contributed by atoms with Crippen molar-refractivity contribution >= 4 is 5.91 Å². The van der Waals surface area contributed by atoms with Gasteiger partial charge in [0.25, 0.3) is 5.91 Å². The van der Waals surface area contributed by atoms with Crippen LogP contribution in [0.25, 0.3) is 0 Å². The number of hydrogen-bond acceptors (Lipinski definition) is 3. The summed E-state index contributed by atoms with van der Waals surface area (Å²) in [6.07, 6.45) is 2.01. The Morgan fingerprint density at radius 1 is 1.08 bits per heavy atom. The topological polar surface area (TPSA) is 47.6 Å². The second-order valence-electron chi connectivity index (χ2n) is 6.52. The average molecular weight is 355 g/mol. The number of benzene rings is 2. The van der Waals surface area contributed by atoms with Crippen LogP contribution < -0.4 is 14.8 Å². The minimum atomic E-state index is -0.0643. The first-order valence-corrected chi connectivity index (χ1v) is 9.29.